The van der Waals surface area contributed by atoms with Gasteiger partial charge in [0.25, 0.3) is 0 Å². The molecule has 0 radical (unpaired) electrons. The highest BCUT2D eigenvalue weighted by molar-refractivity contribution is 6.82. The number of nitrogens with zero attached hydrogens (tertiary/aromatic N) is 1. The van der Waals surface area contributed by atoms with Gasteiger partial charge in [-0.1, -0.05) is 17.7 Å². The zero-order valence-corrected chi connectivity index (χ0v) is 9.84. The molecule has 0 unspecified atom stereocenters. The SMILES string of the molecule is COC(=O)/C(Cl)=N/Nc1cccc(C(F)(F)F)c1. The van der Waals surface area contributed by atoms with Crippen LogP contribution in [0, 0.1) is 0 Å². The molecule has 1 rings (SSSR count). The van der Waals surface area contributed by atoms with E-state index < -0.39 is 22.9 Å². The molecule has 1 aromatic carbocycles. The number of ether oxygens (including phenoxy) is 1. The summed E-state index contributed by atoms with van der Waals surface area (Å²) in [5.41, 5.74) is 1.44. The van der Waals surface area contributed by atoms with E-state index in [1.807, 2.05) is 0 Å². The molecule has 4 nitrogen and oxygen atoms in total. The number of nitrogens with one attached hydrogen (secondary N) is 1. The highest BCUT2D eigenvalue weighted by Gasteiger charge is 2.30. The van der Waals surface area contributed by atoms with E-state index in [2.05, 4.69) is 15.3 Å². The number of hydrogen-bond acceptors (Lipinski definition) is 4. The Morgan fingerprint density at radius 3 is 2.67 bits per heavy atom. The van der Waals surface area contributed by atoms with Crippen molar-refractivity contribution in [1.82, 2.24) is 0 Å². The first-order valence-electron chi connectivity index (χ1n) is 4.59. The second kappa shape index (κ2) is 5.72. The number of carbonyl (C=O) groups is 1. The third kappa shape index (κ3) is 3.92. The fourth-order valence-corrected chi connectivity index (χ4v) is 1.13. The predicted octanol–water partition coefficient (Wildman–Crippen LogP) is 2.84. The summed E-state index contributed by atoms with van der Waals surface area (Å²) in [6.45, 7) is 0. The molecule has 0 aliphatic carbocycles. The van der Waals surface area contributed by atoms with Crippen LogP contribution in [0.1, 0.15) is 5.56 Å². The van der Waals surface area contributed by atoms with E-state index in [1.165, 1.54) is 12.1 Å². The normalized spacial score (nSPS) is 12.2. The van der Waals surface area contributed by atoms with E-state index in [0.717, 1.165) is 19.2 Å². The van der Waals surface area contributed by atoms with E-state index in [9.17, 15) is 18.0 Å². The number of methoxy groups -OCH3 is 1. The standard InChI is InChI=1S/C10H8ClF3N2O2/c1-18-9(17)8(11)16-15-7-4-2-3-6(5-7)10(12,13)14/h2-5,15H,1H3/b16-8-. The molecular formula is C10H8ClF3N2O2. The van der Waals surface area contributed by atoms with Gasteiger partial charge < -0.3 is 4.74 Å². The van der Waals surface area contributed by atoms with Gasteiger partial charge in [-0.25, -0.2) is 4.79 Å². The van der Waals surface area contributed by atoms with E-state index in [0.29, 0.717) is 0 Å². The fraction of sp³-hybridized carbons (Fsp3) is 0.200. The minimum Gasteiger partial charge on any atom is -0.464 e. The van der Waals surface area contributed by atoms with Crippen LogP contribution < -0.4 is 5.43 Å². The van der Waals surface area contributed by atoms with Gasteiger partial charge in [-0.05, 0) is 18.2 Å². The molecule has 0 spiro atoms. The number of anilines is 1. The lowest BCUT2D eigenvalue weighted by Crippen LogP contribution is -2.11. The highest BCUT2D eigenvalue weighted by Crippen LogP contribution is 2.30. The molecule has 8 heteroatoms. The first-order chi connectivity index (χ1) is 8.34. The molecule has 0 aliphatic heterocycles. The van der Waals surface area contributed by atoms with Crippen LogP contribution in [0.4, 0.5) is 18.9 Å². The number of alkyl halides is 3. The Morgan fingerprint density at radius 2 is 2.11 bits per heavy atom. The summed E-state index contributed by atoms with van der Waals surface area (Å²) in [6, 6.07) is 4.30. The van der Waals surface area contributed by atoms with Gasteiger partial charge in [0.05, 0.1) is 18.4 Å². The fourth-order valence-electron chi connectivity index (χ4n) is 1.01. The minimum atomic E-state index is -4.45. The Morgan fingerprint density at radius 1 is 1.44 bits per heavy atom. The van der Waals surface area contributed by atoms with Crippen LogP contribution in [-0.2, 0) is 15.7 Å². The summed E-state index contributed by atoms with van der Waals surface area (Å²) in [6.07, 6.45) is -4.45. The van der Waals surface area contributed by atoms with Crippen LogP contribution in [0.2, 0.25) is 0 Å². The highest BCUT2D eigenvalue weighted by atomic mass is 35.5. The molecule has 0 saturated carbocycles. The van der Waals surface area contributed by atoms with Gasteiger partial charge in [0.1, 0.15) is 0 Å². The Bertz CT molecular complexity index is 474. The molecule has 1 N–H and O–H groups in total. The van der Waals surface area contributed by atoms with E-state index >= 15 is 0 Å². The number of hydrogen-bond donors (Lipinski definition) is 1. The topological polar surface area (TPSA) is 50.7 Å². The maximum Gasteiger partial charge on any atom is 0.416 e. The summed E-state index contributed by atoms with van der Waals surface area (Å²) in [7, 11) is 1.10. The van der Waals surface area contributed by atoms with Crippen LogP contribution in [0.3, 0.4) is 0 Å². The van der Waals surface area contributed by atoms with Crippen molar-refractivity contribution in [1.29, 1.82) is 0 Å². The molecule has 98 valence electrons. The van der Waals surface area contributed by atoms with Crippen LogP contribution in [-0.4, -0.2) is 18.2 Å². The number of carbonyl (C=O) groups excluding carboxylic acids is 1. The zero-order chi connectivity index (χ0) is 13.8. The Balaban J connectivity index is 2.84. The smallest absolute Gasteiger partial charge is 0.416 e. The second-order valence-corrected chi connectivity index (χ2v) is 3.44. The third-order valence-corrected chi connectivity index (χ3v) is 2.07. The molecule has 0 atom stereocenters. The molecule has 0 aliphatic rings. The molecule has 0 saturated heterocycles. The zero-order valence-electron chi connectivity index (χ0n) is 9.08. The lowest BCUT2D eigenvalue weighted by atomic mass is 10.2. The summed E-state index contributed by atoms with van der Waals surface area (Å²) in [4.78, 5) is 10.9. The lowest BCUT2D eigenvalue weighted by Gasteiger charge is -2.08. The molecule has 0 bridgehead atoms. The maximum absolute atomic E-state index is 12.4. The van der Waals surface area contributed by atoms with Gasteiger partial charge >= 0.3 is 12.1 Å². The second-order valence-electron chi connectivity index (χ2n) is 3.08. The average molecular weight is 281 g/mol. The molecule has 0 fully saturated rings. The number of benzene rings is 1. The molecule has 0 aromatic heterocycles. The van der Waals surface area contributed by atoms with E-state index in [1.54, 1.807) is 0 Å². The largest absolute Gasteiger partial charge is 0.464 e. The summed E-state index contributed by atoms with van der Waals surface area (Å²) in [5.74, 6) is -0.892. The van der Waals surface area contributed by atoms with Crippen molar-refractivity contribution in [2.24, 2.45) is 5.10 Å². The van der Waals surface area contributed by atoms with Crippen LogP contribution >= 0.6 is 11.6 Å². The van der Waals surface area contributed by atoms with Gasteiger partial charge in [-0.15, -0.1) is 0 Å². The molecule has 0 heterocycles. The number of rotatable bonds is 3. The van der Waals surface area contributed by atoms with E-state index in [4.69, 9.17) is 11.6 Å². The Kier molecular flexibility index (Phi) is 4.55. The van der Waals surface area contributed by atoms with Crippen molar-refractivity contribution in [3.8, 4) is 0 Å². The van der Waals surface area contributed by atoms with Crippen molar-refractivity contribution in [2.75, 3.05) is 12.5 Å². The Hall–Kier alpha value is -1.76. The number of hydrazone groups is 1. The summed E-state index contributed by atoms with van der Waals surface area (Å²) in [5, 5.41) is 2.86. The molecule has 0 amide bonds. The summed E-state index contributed by atoms with van der Waals surface area (Å²) >= 11 is 5.40. The first-order valence-corrected chi connectivity index (χ1v) is 4.97. The lowest BCUT2D eigenvalue weighted by molar-refractivity contribution is -0.137. The van der Waals surface area contributed by atoms with Gasteiger partial charge in [0, 0.05) is 0 Å². The van der Waals surface area contributed by atoms with Crippen LogP contribution in [0.15, 0.2) is 29.4 Å². The molecule has 18 heavy (non-hydrogen) atoms. The van der Waals surface area contributed by atoms with Gasteiger partial charge in [-0.2, -0.15) is 18.3 Å². The summed E-state index contributed by atoms with van der Waals surface area (Å²) < 4.78 is 41.4. The van der Waals surface area contributed by atoms with Crippen LogP contribution in [0.5, 0.6) is 0 Å². The molecule has 1 aromatic rings. The molecular weight excluding hydrogens is 273 g/mol. The van der Waals surface area contributed by atoms with Crippen molar-refractivity contribution < 1.29 is 22.7 Å². The number of halogens is 4. The maximum atomic E-state index is 12.4. The first kappa shape index (κ1) is 14.3. The van der Waals surface area contributed by atoms with Crippen molar-refractivity contribution in [2.45, 2.75) is 6.18 Å². The number of esters is 1. The third-order valence-electron chi connectivity index (χ3n) is 1.83. The van der Waals surface area contributed by atoms with Crippen molar-refractivity contribution >= 4 is 28.4 Å². The van der Waals surface area contributed by atoms with Gasteiger partial charge in [0.15, 0.2) is 0 Å². The minimum absolute atomic E-state index is 0.0480. The monoisotopic (exact) mass is 280 g/mol. The van der Waals surface area contributed by atoms with Gasteiger partial charge in [0.2, 0.25) is 5.17 Å². The van der Waals surface area contributed by atoms with Crippen molar-refractivity contribution in [3.63, 3.8) is 0 Å². The predicted molar refractivity (Wildman–Crippen MR) is 60.4 cm³/mol. The van der Waals surface area contributed by atoms with Crippen LogP contribution in [0.25, 0.3) is 0 Å². The van der Waals surface area contributed by atoms with E-state index in [-0.39, 0.29) is 5.69 Å². The quantitative estimate of drug-likeness (QED) is 0.526. The Labute approximate surface area is 105 Å². The average Bonchev–Trinajstić information content (AvgIpc) is 2.34. The van der Waals surface area contributed by atoms with Gasteiger partial charge in [-0.3, -0.25) is 5.43 Å². The van der Waals surface area contributed by atoms with Crippen molar-refractivity contribution in [3.05, 3.63) is 29.8 Å².